The van der Waals surface area contributed by atoms with Gasteiger partial charge >= 0.3 is 12.0 Å². The summed E-state index contributed by atoms with van der Waals surface area (Å²) in [7, 11) is 0. The van der Waals surface area contributed by atoms with Crippen LogP contribution in [0.25, 0.3) is 0 Å². The molecule has 0 aliphatic carbocycles. The van der Waals surface area contributed by atoms with E-state index < -0.39 is 35.8 Å². The van der Waals surface area contributed by atoms with Crippen molar-refractivity contribution in [2.75, 3.05) is 13.2 Å². The fourth-order valence-electron chi connectivity index (χ4n) is 2.58. The van der Waals surface area contributed by atoms with Crippen LogP contribution in [0.1, 0.15) is 33.6 Å². The number of urea groups is 1. The fourth-order valence-corrected chi connectivity index (χ4v) is 2.58. The Morgan fingerprint density at radius 2 is 2.05 bits per heavy atom. The Kier molecular flexibility index (Phi) is 5.84. The average molecular weight is 310 g/mol. The first-order chi connectivity index (χ1) is 10.3. The van der Waals surface area contributed by atoms with Crippen LogP contribution in [0.4, 0.5) is 4.79 Å². The summed E-state index contributed by atoms with van der Waals surface area (Å²) in [6, 6.07) is -0.897. The molecule has 0 radical (unpaired) electrons. The van der Waals surface area contributed by atoms with Crippen molar-refractivity contribution in [2.45, 2.75) is 33.6 Å². The standard InChI is InChI=1S/C15H22N2O5/c1-5-8-15(10(4)6-2)12(19)16-14(21)17(13(15)20)9-11(18)22-7-3/h5,10H,1,6-9H2,2-4H3,(H,16,19,21). The van der Waals surface area contributed by atoms with E-state index in [-0.39, 0.29) is 18.9 Å². The van der Waals surface area contributed by atoms with E-state index in [0.29, 0.717) is 6.42 Å². The molecule has 1 fully saturated rings. The summed E-state index contributed by atoms with van der Waals surface area (Å²) in [4.78, 5) is 49.4. The topological polar surface area (TPSA) is 92.8 Å². The molecule has 1 rings (SSSR count). The summed E-state index contributed by atoms with van der Waals surface area (Å²) in [5.41, 5.74) is -1.42. The van der Waals surface area contributed by atoms with E-state index in [1.807, 2.05) is 6.92 Å². The first-order valence-electron chi connectivity index (χ1n) is 7.28. The first kappa shape index (κ1) is 17.9. The second-order valence-electron chi connectivity index (χ2n) is 5.23. The van der Waals surface area contributed by atoms with Crippen molar-refractivity contribution in [1.29, 1.82) is 0 Å². The van der Waals surface area contributed by atoms with E-state index in [1.165, 1.54) is 6.08 Å². The van der Waals surface area contributed by atoms with Gasteiger partial charge in [0.25, 0.3) is 0 Å². The van der Waals surface area contributed by atoms with Gasteiger partial charge in [0.05, 0.1) is 6.61 Å². The van der Waals surface area contributed by atoms with Crippen molar-refractivity contribution in [2.24, 2.45) is 11.3 Å². The van der Waals surface area contributed by atoms with Crippen molar-refractivity contribution in [3.05, 3.63) is 12.7 Å². The number of nitrogens with zero attached hydrogens (tertiary/aromatic N) is 1. The second kappa shape index (κ2) is 7.20. The Morgan fingerprint density at radius 1 is 1.41 bits per heavy atom. The number of hydrogen-bond donors (Lipinski definition) is 1. The van der Waals surface area contributed by atoms with E-state index in [2.05, 4.69) is 11.9 Å². The molecule has 1 heterocycles. The molecule has 4 amide bonds. The van der Waals surface area contributed by atoms with Gasteiger partial charge in [0.1, 0.15) is 12.0 Å². The van der Waals surface area contributed by atoms with Crippen molar-refractivity contribution in [3.8, 4) is 0 Å². The predicted molar refractivity (Wildman–Crippen MR) is 78.6 cm³/mol. The quantitative estimate of drug-likeness (QED) is 0.434. The van der Waals surface area contributed by atoms with E-state index in [1.54, 1.807) is 13.8 Å². The van der Waals surface area contributed by atoms with Crippen LogP contribution < -0.4 is 5.32 Å². The molecule has 2 unspecified atom stereocenters. The van der Waals surface area contributed by atoms with E-state index in [9.17, 15) is 19.2 Å². The van der Waals surface area contributed by atoms with Crippen molar-refractivity contribution < 1.29 is 23.9 Å². The van der Waals surface area contributed by atoms with Crippen LogP contribution in [0.5, 0.6) is 0 Å². The van der Waals surface area contributed by atoms with Crippen LogP contribution in [0, 0.1) is 11.3 Å². The number of allylic oxidation sites excluding steroid dienone is 1. The number of carbonyl (C=O) groups is 4. The maximum atomic E-state index is 12.8. The van der Waals surface area contributed by atoms with Crippen LogP contribution in [-0.4, -0.2) is 41.9 Å². The van der Waals surface area contributed by atoms with Gasteiger partial charge in [0.15, 0.2) is 0 Å². The summed E-state index contributed by atoms with van der Waals surface area (Å²) in [5.74, 6) is -2.33. The molecule has 1 aliphatic rings. The molecule has 22 heavy (non-hydrogen) atoms. The van der Waals surface area contributed by atoms with Gasteiger partial charge in [-0.3, -0.25) is 24.6 Å². The smallest absolute Gasteiger partial charge is 0.331 e. The van der Waals surface area contributed by atoms with Gasteiger partial charge in [0.2, 0.25) is 11.8 Å². The number of ether oxygens (including phenoxy) is 1. The normalized spacial score (nSPS) is 23.0. The molecule has 0 bridgehead atoms. The number of hydrogen-bond acceptors (Lipinski definition) is 5. The molecule has 2 atom stereocenters. The lowest BCUT2D eigenvalue weighted by Gasteiger charge is -2.41. The fraction of sp³-hybridized carbons (Fsp3) is 0.600. The number of amides is 4. The van der Waals surface area contributed by atoms with E-state index in [4.69, 9.17) is 4.74 Å². The third-order valence-corrected chi connectivity index (χ3v) is 4.01. The first-order valence-corrected chi connectivity index (χ1v) is 7.28. The summed E-state index contributed by atoms with van der Waals surface area (Å²) in [5, 5.41) is 2.17. The minimum absolute atomic E-state index is 0.0965. The summed E-state index contributed by atoms with van der Waals surface area (Å²) >= 11 is 0. The zero-order valence-corrected chi connectivity index (χ0v) is 13.2. The van der Waals surface area contributed by atoms with Gasteiger partial charge in [-0.25, -0.2) is 4.79 Å². The van der Waals surface area contributed by atoms with Gasteiger partial charge in [-0.2, -0.15) is 0 Å². The maximum absolute atomic E-state index is 12.8. The van der Waals surface area contributed by atoms with Crippen LogP contribution in [0.15, 0.2) is 12.7 Å². The molecular formula is C15H22N2O5. The van der Waals surface area contributed by atoms with Gasteiger partial charge in [-0.1, -0.05) is 26.3 Å². The van der Waals surface area contributed by atoms with E-state index >= 15 is 0 Å². The van der Waals surface area contributed by atoms with E-state index in [0.717, 1.165) is 4.90 Å². The highest BCUT2D eigenvalue weighted by Crippen LogP contribution is 2.38. The lowest BCUT2D eigenvalue weighted by Crippen LogP contribution is -2.66. The minimum Gasteiger partial charge on any atom is -0.465 e. The molecule has 0 aromatic rings. The van der Waals surface area contributed by atoms with Crippen molar-refractivity contribution >= 4 is 23.8 Å². The summed E-state index contributed by atoms with van der Waals surface area (Å²) in [6.07, 6.45) is 2.13. The number of nitrogens with one attached hydrogen (secondary N) is 1. The molecule has 0 spiro atoms. The zero-order chi connectivity index (χ0) is 16.9. The number of imide groups is 2. The van der Waals surface area contributed by atoms with Gasteiger partial charge in [0, 0.05) is 0 Å². The number of carbonyl (C=O) groups excluding carboxylic acids is 4. The molecule has 7 nitrogen and oxygen atoms in total. The van der Waals surface area contributed by atoms with Gasteiger partial charge < -0.3 is 4.74 Å². The van der Waals surface area contributed by atoms with Gasteiger partial charge in [-0.05, 0) is 19.3 Å². The van der Waals surface area contributed by atoms with Crippen LogP contribution in [0.2, 0.25) is 0 Å². The highest BCUT2D eigenvalue weighted by atomic mass is 16.5. The Labute approximate surface area is 129 Å². The zero-order valence-electron chi connectivity index (χ0n) is 13.2. The Hall–Kier alpha value is -2.18. The second-order valence-corrected chi connectivity index (χ2v) is 5.23. The maximum Gasteiger partial charge on any atom is 0.331 e. The summed E-state index contributed by atoms with van der Waals surface area (Å²) in [6.45, 7) is 8.46. The summed E-state index contributed by atoms with van der Waals surface area (Å²) < 4.78 is 4.77. The number of esters is 1. The predicted octanol–water partition coefficient (Wildman–Crippen LogP) is 1.24. The SMILES string of the molecule is C=CCC1(C(C)CC)C(=O)NC(=O)N(CC(=O)OCC)C1=O. The molecule has 1 aliphatic heterocycles. The monoisotopic (exact) mass is 310 g/mol. The van der Waals surface area contributed by atoms with Crippen LogP contribution in [-0.2, 0) is 19.1 Å². The Morgan fingerprint density at radius 3 is 2.55 bits per heavy atom. The van der Waals surface area contributed by atoms with Crippen LogP contribution in [0.3, 0.4) is 0 Å². The molecule has 0 aromatic carbocycles. The highest BCUT2D eigenvalue weighted by molar-refractivity contribution is 6.20. The molecular weight excluding hydrogens is 288 g/mol. The van der Waals surface area contributed by atoms with Crippen LogP contribution >= 0.6 is 0 Å². The minimum atomic E-state index is -1.42. The van der Waals surface area contributed by atoms with Gasteiger partial charge in [-0.15, -0.1) is 6.58 Å². The molecule has 1 N–H and O–H groups in total. The number of rotatable bonds is 7. The van der Waals surface area contributed by atoms with Crippen molar-refractivity contribution in [3.63, 3.8) is 0 Å². The molecule has 0 saturated carbocycles. The molecule has 7 heteroatoms. The lowest BCUT2D eigenvalue weighted by atomic mass is 9.69. The Balaban J connectivity index is 3.19. The third-order valence-electron chi connectivity index (χ3n) is 4.01. The third kappa shape index (κ3) is 3.03. The highest BCUT2D eigenvalue weighted by Gasteiger charge is 2.56. The van der Waals surface area contributed by atoms with Crippen molar-refractivity contribution in [1.82, 2.24) is 10.2 Å². The molecule has 0 aromatic heterocycles. The average Bonchev–Trinajstić information content (AvgIpc) is 2.47. The Bertz CT molecular complexity index is 502. The number of barbiturate groups is 1. The molecule has 1 saturated heterocycles. The lowest BCUT2D eigenvalue weighted by molar-refractivity contribution is -0.159. The molecule has 122 valence electrons. The largest absolute Gasteiger partial charge is 0.465 e.